The fourth-order valence-electron chi connectivity index (χ4n) is 2.55. The Morgan fingerprint density at radius 3 is 2.76 bits per heavy atom. The van der Waals surface area contributed by atoms with Gasteiger partial charge in [-0.3, -0.25) is 9.59 Å². The van der Waals surface area contributed by atoms with E-state index in [1.807, 2.05) is 37.3 Å². The highest BCUT2D eigenvalue weighted by Crippen LogP contribution is 2.23. The lowest BCUT2D eigenvalue weighted by atomic mass is 10.2. The number of rotatable bonds is 7. The molecule has 2 heterocycles. The van der Waals surface area contributed by atoms with Gasteiger partial charge in [-0.05, 0) is 37.6 Å². The second-order valence-corrected chi connectivity index (χ2v) is 5.81. The molecule has 3 aromatic rings. The van der Waals surface area contributed by atoms with Crippen molar-refractivity contribution in [1.29, 1.82) is 0 Å². The summed E-state index contributed by atoms with van der Waals surface area (Å²) in [5, 5.41) is 6.63. The van der Waals surface area contributed by atoms with Crippen molar-refractivity contribution >= 4 is 22.8 Å². The van der Waals surface area contributed by atoms with E-state index in [4.69, 9.17) is 8.83 Å². The van der Waals surface area contributed by atoms with Crippen molar-refractivity contribution in [3.63, 3.8) is 0 Å². The average Bonchev–Trinajstić information content (AvgIpc) is 3.27. The van der Waals surface area contributed by atoms with E-state index in [1.54, 1.807) is 12.1 Å². The number of benzene rings is 1. The molecule has 1 unspecified atom stereocenters. The molecule has 130 valence electrons. The Bertz CT molecular complexity index is 818. The van der Waals surface area contributed by atoms with Crippen LogP contribution in [0, 0.1) is 0 Å². The molecule has 25 heavy (non-hydrogen) atoms. The summed E-state index contributed by atoms with van der Waals surface area (Å²) in [6.07, 6.45) is 2.32. The lowest BCUT2D eigenvalue weighted by Crippen LogP contribution is -2.28. The van der Waals surface area contributed by atoms with Gasteiger partial charge >= 0.3 is 0 Å². The molecule has 6 heteroatoms. The number of carbonyl (C=O) groups is 2. The minimum Gasteiger partial charge on any atom is -0.459 e. The first-order chi connectivity index (χ1) is 12.1. The third-order valence-corrected chi connectivity index (χ3v) is 3.86. The van der Waals surface area contributed by atoms with Crippen molar-refractivity contribution in [2.75, 3.05) is 6.54 Å². The summed E-state index contributed by atoms with van der Waals surface area (Å²) in [6.45, 7) is 2.29. The monoisotopic (exact) mass is 340 g/mol. The van der Waals surface area contributed by atoms with Gasteiger partial charge in [-0.1, -0.05) is 18.2 Å². The Morgan fingerprint density at radius 1 is 1.16 bits per heavy atom. The first kappa shape index (κ1) is 16.8. The van der Waals surface area contributed by atoms with Gasteiger partial charge in [0, 0.05) is 18.4 Å². The summed E-state index contributed by atoms with van der Waals surface area (Å²) in [4.78, 5) is 23.7. The molecule has 0 radical (unpaired) electrons. The normalized spacial score (nSPS) is 12.0. The van der Waals surface area contributed by atoms with Gasteiger partial charge in [0.2, 0.25) is 5.91 Å². The summed E-state index contributed by atoms with van der Waals surface area (Å²) in [6, 6.07) is 12.7. The molecule has 0 bridgehead atoms. The molecule has 0 aliphatic rings. The van der Waals surface area contributed by atoms with Crippen LogP contribution in [0.2, 0.25) is 0 Å². The van der Waals surface area contributed by atoms with Crippen molar-refractivity contribution in [1.82, 2.24) is 10.6 Å². The molecule has 6 nitrogen and oxygen atoms in total. The SMILES string of the molecule is CC(NC(=O)CCCNC(=O)c1ccco1)c1cc2ccccc2o1. The molecule has 2 N–H and O–H groups in total. The largest absolute Gasteiger partial charge is 0.459 e. The van der Waals surface area contributed by atoms with E-state index in [0.717, 1.165) is 16.7 Å². The van der Waals surface area contributed by atoms with Crippen LogP contribution in [0.15, 0.2) is 57.6 Å². The Kier molecular flexibility index (Phi) is 5.18. The molecule has 0 saturated carbocycles. The van der Waals surface area contributed by atoms with Gasteiger partial charge in [0.15, 0.2) is 5.76 Å². The van der Waals surface area contributed by atoms with E-state index >= 15 is 0 Å². The highest BCUT2D eigenvalue weighted by atomic mass is 16.3. The standard InChI is InChI=1S/C19H20N2O4/c1-13(17-12-14-6-2-3-7-15(14)25-17)21-18(22)9-4-10-20-19(23)16-8-5-11-24-16/h2-3,5-8,11-13H,4,9-10H2,1H3,(H,20,23)(H,21,22). The predicted molar refractivity (Wildman–Crippen MR) is 93.0 cm³/mol. The number of hydrogen-bond donors (Lipinski definition) is 2. The van der Waals surface area contributed by atoms with E-state index < -0.39 is 0 Å². The van der Waals surface area contributed by atoms with Crippen molar-refractivity contribution in [2.45, 2.75) is 25.8 Å². The molecule has 0 aliphatic heterocycles. The van der Waals surface area contributed by atoms with Crippen LogP contribution in [-0.4, -0.2) is 18.4 Å². The van der Waals surface area contributed by atoms with E-state index in [-0.39, 0.29) is 23.6 Å². The zero-order chi connectivity index (χ0) is 17.6. The van der Waals surface area contributed by atoms with E-state index in [0.29, 0.717) is 19.4 Å². The summed E-state index contributed by atoms with van der Waals surface area (Å²) in [5.41, 5.74) is 0.805. The summed E-state index contributed by atoms with van der Waals surface area (Å²) < 4.78 is 10.7. The molecule has 3 rings (SSSR count). The zero-order valence-corrected chi connectivity index (χ0v) is 14.0. The maximum absolute atomic E-state index is 12.0. The van der Waals surface area contributed by atoms with Crippen LogP contribution in [0.5, 0.6) is 0 Å². The van der Waals surface area contributed by atoms with Crippen molar-refractivity contribution < 1.29 is 18.4 Å². The summed E-state index contributed by atoms with van der Waals surface area (Å²) in [7, 11) is 0. The third kappa shape index (κ3) is 4.29. The lowest BCUT2D eigenvalue weighted by molar-refractivity contribution is -0.121. The van der Waals surface area contributed by atoms with E-state index in [9.17, 15) is 9.59 Å². The highest BCUT2D eigenvalue weighted by Gasteiger charge is 2.14. The van der Waals surface area contributed by atoms with Crippen molar-refractivity contribution in [2.24, 2.45) is 0 Å². The van der Waals surface area contributed by atoms with Crippen LogP contribution in [0.4, 0.5) is 0 Å². The minimum absolute atomic E-state index is 0.0831. The number of nitrogens with one attached hydrogen (secondary N) is 2. The average molecular weight is 340 g/mol. The van der Waals surface area contributed by atoms with Gasteiger partial charge in [-0.25, -0.2) is 0 Å². The Labute approximate surface area is 145 Å². The molecule has 1 atom stereocenters. The van der Waals surface area contributed by atoms with Crippen LogP contribution >= 0.6 is 0 Å². The van der Waals surface area contributed by atoms with Crippen molar-refractivity contribution in [3.8, 4) is 0 Å². The quantitative estimate of drug-likeness (QED) is 0.646. The summed E-state index contributed by atoms with van der Waals surface area (Å²) in [5.74, 6) is 0.630. The van der Waals surface area contributed by atoms with Crippen LogP contribution in [0.1, 0.15) is 42.1 Å². The van der Waals surface area contributed by atoms with Gasteiger partial charge in [0.05, 0.1) is 12.3 Å². The van der Waals surface area contributed by atoms with Crippen LogP contribution in [0.3, 0.4) is 0 Å². The number of fused-ring (bicyclic) bond motifs is 1. The maximum Gasteiger partial charge on any atom is 0.286 e. The van der Waals surface area contributed by atoms with E-state index in [1.165, 1.54) is 6.26 Å². The molecule has 0 fully saturated rings. The molecule has 1 aromatic carbocycles. The van der Waals surface area contributed by atoms with Gasteiger partial charge in [0.25, 0.3) is 5.91 Å². The number of para-hydroxylation sites is 1. The highest BCUT2D eigenvalue weighted by molar-refractivity contribution is 5.91. The first-order valence-corrected chi connectivity index (χ1v) is 8.23. The Hall–Kier alpha value is -3.02. The van der Waals surface area contributed by atoms with Gasteiger partial charge < -0.3 is 19.5 Å². The lowest BCUT2D eigenvalue weighted by Gasteiger charge is -2.11. The fraction of sp³-hybridized carbons (Fsp3) is 0.263. The van der Waals surface area contributed by atoms with Crippen molar-refractivity contribution in [3.05, 3.63) is 60.2 Å². The zero-order valence-electron chi connectivity index (χ0n) is 14.0. The maximum atomic E-state index is 12.0. The summed E-state index contributed by atoms with van der Waals surface area (Å²) >= 11 is 0. The van der Waals surface area contributed by atoms with Gasteiger partial charge in [0.1, 0.15) is 11.3 Å². The third-order valence-electron chi connectivity index (χ3n) is 3.86. The molecule has 0 saturated heterocycles. The number of amides is 2. The molecule has 0 spiro atoms. The van der Waals surface area contributed by atoms with Crippen LogP contribution < -0.4 is 10.6 Å². The van der Waals surface area contributed by atoms with Crippen LogP contribution in [0.25, 0.3) is 11.0 Å². The topological polar surface area (TPSA) is 84.5 Å². The second-order valence-electron chi connectivity index (χ2n) is 5.81. The predicted octanol–water partition coefficient (Wildman–Crippen LogP) is 3.41. The second kappa shape index (κ2) is 7.70. The Morgan fingerprint density at radius 2 is 2.00 bits per heavy atom. The smallest absolute Gasteiger partial charge is 0.286 e. The number of hydrogen-bond acceptors (Lipinski definition) is 4. The van der Waals surface area contributed by atoms with Crippen LogP contribution in [-0.2, 0) is 4.79 Å². The van der Waals surface area contributed by atoms with Gasteiger partial charge in [-0.15, -0.1) is 0 Å². The fourth-order valence-corrected chi connectivity index (χ4v) is 2.55. The number of furan rings is 2. The number of carbonyl (C=O) groups excluding carboxylic acids is 2. The Balaban J connectivity index is 1.42. The molecule has 2 amide bonds. The van der Waals surface area contributed by atoms with Gasteiger partial charge in [-0.2, -0.15) is 0 Å². The molecule has 0 aliphatic carbocycles. The molecular formula is C19H20N2O4. The minimum atomic E-state index is -0.277. The molecular weight excluding hydrogens is 320 g/mol. The molecule has 2 aromatic heterocycles. The first-order valence-electron chi connectivity index (χ1n) is 8.23. The van der Waals surface area contributed by atoms with E-state index in [2.05, 4.69) is 10.6 Å².